The lowest BCUT2D eigenvalue weighted by molar-refractivity contribution is 0.114. The zero-order valence-corrected chi connectivity index (χ0v) is 17.2. The molecule has 0 radical (unpaired) electrons. The zero-order valence-electron chi connectivity index (χ0n) is 14.8. The number of hydrogen-bond acceptors (Lipinski definition) is 3. The molecule has 1 aromatic carbocycles. The van der Waals surface area contributed by atoms with E-state index >= 15 is 0 Å². The van der Waals surface area contributed by atoms with Gasteiger partial charge in [-0.15, -0.1) is 24.0 Å². The van der Waals surface area contributed by atoms with E-state index in [0.29, 0.717) is 37.3 Å². The van der Waals surface area contributed by atoms with E-state index in [4.69, 9.17) is 9.47 Å². The third-order valence-electron chi connectivity index (χ3n) is 2.92. The van der Waals surface area contributed by atoms with E-state index in [-0.39, 0.29) is 35.9 Å². The van der Waals surface area contributed by atoms with Crippen LogP contribution < -0.4 is 15.4 Å². The molecule has 0 aromatic heterocycles. The van der Waals surface area contributed by atoms with Crippen molar-refractivity contribution in [3.05, 3.63) is 30.1 Å². The molecule has 7 heteroatoms. The summed E-state index contributed by atoms with van der Waals surface area (Å²) in [5.41, 5.74) is 0. The van der Waals surface area contributed by atoms with Crippen molar-refractivity contribution >= 4 is 29.9 Å². The number of benzene rings is 1. The summed E-state index contributed by atoms with van der Waals surface area (Å²) >= 11 is 0. The minimum absolute atomic E-state index is 0. The van der Waals surface area contributed by atoms with Gasteiger partial charge in [0.15, 0.2) is 5.96 Å². The minimum atomic E-state index is -0.271. The van der Waals surface area contributed by atoms with Crippen molar-refractivity contribution in [1.82, 2.24) is 10.6 Å². The van der Waals surface area contributed by atoms with Crippen molar-refractivity contribution in [3.63, 3.8) is 0 Å². The second kappa shape index (κ2) is 13.2. The summed E-state index contributed by atoms with van der Waals surface area (Å²) in [6.07, 6.45) is -0.0730. The highest BCUT2D eigenvalue weighted by Gasteiger charge is 2.06. The molecule has 0 saturated heterocycles. The summed E-state index contributed by atoms with van der Waals surface area (Å²) < 4.78 is 24.0. The Hall–Kier alpha value is -1.09. The lowest BCUT2D eigenvalue weighted by Crippen LogP contribution is -2.42. The molecule has 0 bridgehead atoms. The maximum atomic E-state index is 12.8. The van der Waals surface area contributed by atoms with E-state index in [2.05, 4.69) is 29.5 Å². The van der Waals surface area contributed by atoms with Crippen molar-refractivity contribution in [2.45, 2.75) is 26.9 Å². The Morgan fingerprint density at radius 1 is 1.17 bits per heavy atom. The van der Waals surface area contributed by atoms with Gasteiger partial charge in [-0.2, -0.15) is 0 Å². The Kier molecular flexibility index (Phi) is 12.6. The molecule has 0 aliphatic rings. The van der Waals surface area contributed by atoms with Crippen LogP contribution in [0.2, 0.25) is 0 Å². The first-order valence-electron chi connectivity index (χ1n) is 7.95. The number of rotatable bonds is 9. The van der Waals surface area contributed by atoms with Crippen LogP contribution in [0.1, 0.15) is 20.8 Å². The fourth-order valence-corrected chi connectivity index (χ4v) is 1.81. The van der Waals surface area contributed by atoms with Crippen LogP contribution in [0.15, 0.2) is 29.3 Å². The third kappa shape index (κ3) is 10.6. The monoisotopic (exact) mass is 453 g/mol. The molecule has 5 nitrogen and oxygen atoms in total. The molecule has 0 spiro atoms. The van der Waals surface area contributed by atoms with Crippen LogP contribution in [-0.4, -0.2) is 45.4 Å². The van der Waals surface area contributed by atoms with Crippen molar-refractivity contribution in [3.8, 4) is 5.75 Å². The molecule has 0 heterocycles. The molecule has 0 aliphatic heterocycles. The second-order valence-electron chi connectivity index (χ2n) is 5.73. The summed E-state index contributed by atoms with van der Waals surface area (Å²) in [6.45, 7) is 8.86. The number of guanidine groups is 1. The lowest BCUT2D eigenvalue weighted by Gasteiger charge is -2.18. The topological polar surface area (TPSA) is 54.9 Å². The average Bonchev–Trinajstić information content (AvgIpc) is 2.52. The highest BCUT2D eigenvalue weighted by atomic mass is 127. The minimum Gasteiger partial charge on any atom is -0.489 e. The Morgan fingerprint density at radius 3 is 2.42 bits per heavy atom. The molecule has 24 heavy (non-hydrogen) atoms. The van der Waals surface area contributed by atoms with E-state index < -0.39 is 0 Å². The van der Waals surface area contributed by atoms with Gasteiger partial charge >= 0.3 is 0 Å². The number of nitrogens with zero attached hydrogens (tertiary/aromatic N) is 1. The summed E-state index contributed by atoms with van der Waals surface area (Å²) in [6, 6.07) is 6.00. The molecule has 1 atom stereocenters. The van der Waals surface area contributed by atoms with E-state index in [9.17, 15) is 4.39 Å². The molecular formula is C17H29FIN3O2. The van der Waals surface area contributed by atoms with E-state index in [1.807, 2.05) is 6.92 Å². The number of nitrogens with one attached hydrogen (secondary N) is 2. The predicted octanol–water partition coefficient (Wildman–Crippen LogP) is 3.05. The Morgan fingerprint density at radius 2 is 1.83 bits per heavy atom. The van der Waals surface area contributed by atoms with Crippen LogP contribution >= 0.6 is 24.0 Å². The van der Waals surface area contributed by atoms with Crippen molar-refractivity contribution < 1.29 is 13.9 Å². The van der Waals surface area contributed by atoms with Gasteiger partial charge in [0.2, 0.25) is 0 Å². The summed E-state index contributed by atoms with van der Waals surface area (Å²) in [5.74, 6) is 1.61. The Balaban J connectivity index is 0.00000529. The van der Waals surface area contributed by atoms with Crippen molar-refractivity contribution in [1.29, 1.82) is 0 Å². The van der Waals surface area contributed by atoms with Crippen LogP contribution in [0.25, 0.3) is 0 Å². The molecular weight excluding hydrogens is 424 g/mol. The van der Waals surface area contributed by atoms with Crippen LogP contribution in [0.3, 0.4) is 0 Å². The predicted molar refractivity (Wildman–Crippen MR) is 107 cm³/mol. The molecule has 0 aliphatic carbocycles. The first kappa shape index (κ1) is 22.9. The molecule has 0 amide bonds. The van der Waals surface area contributed by atoms with Crippen LogP contribution in [0.5, 0.6) is 5.75 Å². The van der Waals surface area contributed by atoms with Gasteiger partial charge in [-0.1, -0.05) is 13.8 Å². The van der Waals surface area contributed by atoms with Gasteiger partial charge in [0.05, 0.1) is 13.2 Å². The quantitative estimate of drug-likeness (QED) is 0.261. The molecule has 1 unspecified atom stereocenters. The summed E-state index contributed by atoms with van der Waals surface area (Å²) in [7, 11) is 1.72. The van der Waals surface area contributed by atoms with Crippen LogP contribution in [-0.2, 0) is 4.74 Å². The maximum absolute atomic E-state index is 12.8. The van der Waals surface area contributed by atoms with E-state index in [1.165, 1.54) is 12.1 Å². The molecule has 0 fully saturated rings. The number of ether oxygens (including phenoxy) is 2. The summed E-state index contributed by atoms with van der Waals surface area (Å²) in [4.78, 5) is 4.15. The lowest BCUT2D eigenvalue weighted by atomic mass is 10.2. The number of hydrogen-bond donors (Lipinski definition) is 2. The van der Waals surface area contributed by atoms with Gasteiger partial charge in [0, 0.05) is 20.2 Å². The summed E-state index contributed by atoms with van der Waals surface area (Å²) in [5, 5.41) is 6.36. The van der Waals surface area contributed by atoms with Crippen molar-refractivity contribution in [2.24, 2.45) is 10.9 Å². The first-order chi connectivity index (χ1) is 11.0. The standard InChI is InChI=1S/C17H28FN3O2.HI/c1-13(2)12-22-10-9-20-17(19-4)21-11-14(3)23-16-7-5-15(18)6-8-16;/h5-8,13-14H,9-12H2,1-4H3,(H2,19,20,21);1H. The largest absolute Gasteiger partial charge is 0.489 e. The van der Waals surface area contributed by atoms with Gasteiger partial charge in [-0.05, 0) is 37.1 Å². The Bertz CT molecular complexity index is 469. The molecule has 1 aromatic rings. The highest BCUT2D eigenvalue weighted by Crippen LogP contribution is 2.12. The Labute approximate surface area is 161 Å². The zero-order chi connectivity index (χ0) is 17.1. The average molecular weight is 453 g/mol. The van der Waals surface area contributed by atoms with Gasteiger partial charge in [0.25, 0.3) is 0 Å². The number of halogens is 2. The highest BCUT2D eigenvalue weighted by molar-refractivity contribution is 14.0. The molecule has 138 valence electrons. The normalized spacial score (nSPS) is 12.5. The van der Waals surface area contributed by atoms with Crippen molar-refractivity contribution in [2.75, 3.05) is 33.4 Å². The molecule has 1 rings (SSSR count). The molecule has 2 N–H and O–H groups in total. The van der Waals surface area contributed by atoms with Crippen LogP contribution in [0.4, 0.5) is 4.39 Å². The fourth-order valence-electron chi connectivity index (χ4n) is 1.81. The SMILES string of the molecule is CN=C(NCCOCC(C)C)NCC(C)Oc1ccc(F)cc1.I. The molecule has 0 saturated carbocycles. The van der Waals surface area contributed by atoms with E-state index in [0.717, 1.165) is 6.61 Å². The van der Waals surface area contributed by atoms with Gasteiger partial charge in [-0.25, -0.2) is 4.39 Å². The first-order valence-corrected chi connectivity index (χ1v) is 7.95. The van der Waals surface area contributed by atoms with E-state index in [1.54, 1.807) is 19.2 Å². The maximum Gasteiger partial charge on any atom is 0.191 e. The van der Waals surface area contributed by atoms with Crippen LogP contribution in [0, 0.1) is 11.7 Å². The smallest absolute Gasteiger partial charge is 0.191 e. The third-order valence-corrected chi connectivity index (χ3v) is 2.92. The second-order valence-corrected chi connectivity index (χ2v) is 5.73. The van der Waals surface area contributed by atoms with Gasteiger partial charge < -0.3 is 20.1 Å². The fraction of sp³-hybridized carbons (Fsp3) is 0.588. The van der Waals surface area contributed by atoms with Gasteiger partial charge in [-0.3, -0.25) is 4.99 Å². The number of aliphatic imine (C=N–C) groups is 1. The van der Waals surface area contributed by atoms with Gasteiger partial charge in [0.1, 0.15) is 17.7 Å².